The molecule has 1 aromatic heterocycles. The average Bonchev–Trinajstić information content (AvgIpc) is 2.50. The molecule has 1 heterocycles. The van der Waals surface area contributed by atoms with E-state index < -0.39 is 0 Å². The number of thiophene rings is 1. The Balaban J connectivity index is 2.90. The van der Waals surface area contributed by atoms with Crippen LogP contribution in [0.1, 0.15) is 5.56 Å². The lowest BCUT2D eigenvalue weighted by Gasteiger charge is -1.96. The molecule has 64 valence electrons. The summed E-state index contributed by atoms with van der Waals surface area (Å²) in [4.78, 5) is 0.988. The molecule has 0 saturated heterocycles. The zero-order valence-electron chi connectivity index (χ0n) is 6.41. The number of benzene rings is 1. The van der Waals surface area contributed by atoms with Crippen molar-refractivity contribution in [3.8, 4) is 6.07 Å². The summed E-state index contributed by atoms with van der Waals surface area (Å²) in [6.07, 6.45) is 0. The van der Waals surface area contributed by atoms with Crippen molar-refractivity contribution >= 4 is 56.6 Å². The second-order valence-corrected chi connectivity index (χ2v) is 4.98. The Morgan fingerprint density at radius 1 is 1.46 bits per heavy atom. The standard InChI is InChI=1S/C9H4INS2/c10-8-5(3-11)1-2-6-7(12)4-13-9(6)8/h1-2,4,12H. The summed E-state index contributed by atoms with van der Waals surface area (Å²) in [5.41, 5.74) is 0.739. The maximum Gasteiger partial charge on any atom is 0.100 e. The van der Waals surface area contributed by atoms with Gasteiger partial charge in [0.2, 0.25) is 0 Å². The lowest BCUT2D eigenvalue weighted by molar-refractivity contribution is 1.48. The molecule has 1 nitrogen and oxygen atoms in total. The Labute approximate surface area is 98.9 Å². The first-order chi connectivity index (χ1) is 6.24. The van der Waals surface area contributed by atoms with Crippen LogP contribution in [-0.2, 0) is 0 Å². The first kappa shape index (κ1) is 9.31. The summed E-state index contributed by atoms with van der Waals surface area (Å²) >= 11 is 8.18. The van der Waals surface area contributed by atoms with Crippen LogP contribution < -0.4 is 0 Å². The van der Waals surface area contributed by atoms with Gasteiger partial charge in [0, 0.05) is 19.2 Å². The zero-order valence-corrected chi connectivity index (χ0v) is 10.3. The van der Waals surface area contributed by atoms with Crippen LogP contribution in [0.3, 0.4) is 0 Å². The maximum absolute atomic E-state index is 8.82. The number of thiol groups is 1. The van der Waals surface area contributed by atoms with Gasteiger partial charge in [-0.25, -0.2) is 0 Å². The topological polar surface area (TPSA) is 23.8 Å². The fourth-order valence-corrected chi connectivity index (χ4v) is 3.40. The van der Waals surface area contributed by atoms with Gasteiger partial charge in [-0.2, -0.15) is 5.26 Å². The van der Waals surface area contributed by atoms with Gasteiger partial charge in [-0.15, -0.1) is 24.0 Å². The van der Waals surface area contributed by atoms with E-state index in [0.29, 0.717) is 0 Å². The average molecular weight is 317 g/mol. The summed E-state index contributed by atoms with van der Waals surface area (Å²) in [6.45, 7) is 0. The van der Waals surface area contributed by atoms with Gasteiger partial charge in [-0.05, 0) is 28.7 Å². The fraction of sp³-hybridized carbons (Fsp3) is 0. The van der Waals surface area contributed by atoms with E-state index in [0.717, 1.165) is 24.1 Å². The normalized spacial score (nSPS) is 10.2. The molecule has 0 bridgehead atoms. The highest BCUT2D eigenvalue weighted by atomic mass is 127. The van der Waals surface area contributed by atoms with Crippen molar-refractivity contribution < 1.29 is 0 Å². The molecule has 0 aliphatic carbocycles. The number of hydrogen-bond acceptors (Lipinski definition) is 3. The Kier molecular flexibility index (Phi) is 2.49. The maximum atomic E-state index is 8.82. The van der Waals surface area contributed by atoms with E-state index in [-0.39, 0.29) is 0 Å². The molecule has 0 saturated carbocycles. The van der Waals surface area contributed by atoms with E-state index in [2.05, 4.69) is 41.3 Å². The van der Waals surface area contributed by atoms with Gasteiger partial charge in [0.15, 0.2) is 0 Å². The lowest BCUT2D eigenvalue weighted by atomic mass is 10.2. The van der Waals surface area contributed by atoms with Crippen LogP contribution >= 0.6 is 46.6 Å². The molecule has 0 atom stereocenters. The number of rotatable bonds is 0. The van der Waals surface area contributed by atoms with Gasteiger partial charge in [0.05, 0.1) is 10.3 Å². The number of nitrogens with zero attached hydrogens (tertiary/aromatic N) is 1. The van der Waals surface area contributed by atoms with Gasteiger partial charge < -0.3 is 0 Å². The van der Waals surface area contributed by atoms with E-state index in [1.807, 2.05) is 17.5 Å². The molecule has 0 aliphatic rings. The molecule has 0 radical (unpaired) electrons. The quantitative estimate of drug-likeness (QED) is 0.582. The Bertz CT molecular complexity index is 510. The van der Waals surface area contributed by atoms with E-state index in [4.69, 9.17) is 5.26 Å². The van der Waals surface area contributed by atoms with Crippen LogP contribution in [0.25, 0.3) is 10.1 Å². The molecule has 4 heteroatoms. The number of fused-ring (bicyclic) bond motifs is 1. The second-order valence-electron chi connectivity index (χ2n) is 2.54. The van der Waals surface area contributed by atoms with Crippen molar-refractivity contribution in [2.45, 2.75) is 4.90 Å². The fourth-order valence-electron chi connectivity index (χ4n) is 1.14. The number of hydrogen-bond donors (Lipinski definition) is 1. The zero-order chi connectivity index (χ0) is 9.42. The van der Waals surface area contributed by atoms with Gasteiger partial charge in [0.25, 0.3) is 0 Å². The van der Waals surface area contributed by atoms with Gasteiger partial charge >= 0.3 is 0 Å². The Morgan fingerprint density at radius 3 is 2.92 bits per heavy atom. The molecule has 2 rings (SSSR count). The van der Waals surface area contributed by atoms with Gasteiger partial charge in [-0.1, -0.05) is 6.07 Å². The predicted octanol–water partition coefficient (Wildman–Crippen LogP) is 3.67. The molecular formula is C9H4INS2. The second kappa shape index (κ2) is 3.48. The molecule has 0 N–H and O–H groups in total. The minimum atomic E-state index is 0.739. The summed E-state index contributed by atoms with van der Waals surface area (Å²) in [7, 11) is 0. The minimum Gasteiger partial charge on any atom is -0.192 e. The van der Waals surface area contributed by atoms with E-state index >= 15 is 0 Å². The summed E-state index contributed by atoms with van der Waals surface area (Å²) < 4.78 is 2.19. The third kappa shape index (κ3) is 1.45. The molecule has 0 spiro atoms. The molecular weight excluding hydrogens is 313 g/mol. The summed E-state index contributed by atoms with van der Waals surface area (Å²) in [5.74, 6) is 0. The van der Waals surface area contributed by atoms with Gasteiger partial charge in [0.1, 0.15) is 6.07 Å². The lowest BCUT2D eigenvalue weighted by Crippen LogP contribution is -1.80. The molecule has 13 heavy (non-hydrogen) atoms. The predicted molar refractivity (Wildman–Crippen MR) is 66.5 cm³/mol. The molecule has 0 unspecified atom stereocenters. The molecule has 1 aromatic carbocycles. The summed E-state index contributed by atoms with van der Waals surface area (Å²) in [5, 5.41) is 11.9. The smallest absolute Gasteiger partial charge is 0.100 e. The Hall–Kier alpha value is -0.250. The van der Waals surface area contributed by atoms with Crippen LogP contribution in [0.5, 0.6) is 0 Å². The molecule has 0 aliphatic heterocycles. The monoisotopic (exact) mass is 317 g/mol. The largest absolute Gasteiger partial charge is 0.192 e. The van der Waals surface area contributed by atoms with E-state index in [9.17, 15) is 0 Å². The van der Waals surface area contributed by atoms with Crippen LogP contribution in [0.4, 0.5) is 0 Å². The van der Waals surface area contributed by atoms with Crippen molar-refractivity contribution in [3.63, 3.8) is 0 Å². The third-order valence-electron chi connectivity index (χ3n) is 1.78. The molecule has 0 amide bonds. The van der Waals surface area contributed by atoms with Crippen molar-refractivity contribution in [2.24, 2.45) is 0 Å². The Morgan fingerprint density at radius 2 is 2.23 bits per heavy atom. The van der Waals surface area contributed by atoms with Crippen molar-refractivity contribution in [1.29, 1.82) is 5.26 Å². The van der Waals surface area contributed by atoms with E-state index in [1.165, 1.54) is 0 Å². The minimum absolute atomic E-state index is 0.739. The van der Waals surface area contributed by atoms with Crippen LogP contribution in [0, 0.1) is 14.9 Å². The van der Waals surface area contributed by atoms with Crippen LogP contribution in [0.2, 0.25) is 0 Å². The molecule has 0 fully saturated rings. The van der Waals surface area contributed by atoms with Crippen molar-refractivity contribution in [1.82, 2.24) is 0 Å². The first-order valence-electron chi connectivity index (χ1n) is 3.53. The highest BCUT2D eigenvalue weighted by Gasteiger charge is 2.07. The number of nitriles is 1. The highest BCUT2D eigenvalue weighted by Crippen LogP contribution is 2.33. The summed E-state index contributed by atoms with van der Waals surface area (Å²) in [6, 6.07) is 5.97. The SMILES string of the molecule is N#Cc1ccc2c(S)csc2c1I. The van der Waals surface area contributed by atoms with Crippen LogP contribution in [0.15, 0.2) is 22.4 Å². The van der Waals surface area contributed by atoms with Crippen molar-refractivity contribution in [2.75, 3.05) is 0 Å². The van der Waals surface area contributed by atoms with Crippen molar-refractivity contribution in [3.05, 3.63) is 26.6 Å². The van der Waals surface area contributed by atoms with Gasteiger partial charge in [-0.3, -0.25) is 0 Å². The van der Waals surface area contributed by atoms with Crippen LogP contribution in [-0.4, -0.2) is 0 Å². The van der Waals surface area contributed by atoms with E-state index in [1.54, 1.807) is 11.3 Å². The highest BCUT2D eigenvalue weighted by molar-refractivity contribution is 14.1. The number of halogens is 1. The first-order valence-corrected chi connectivity index (χ1v) is 5.93. The molecule has 2 aromatic rings. The third-order valence-corrected chi connectivity index (χ3v) is 4.83.